The number of carbonyl (C=O) groups is 3. The zero-order valence-corrected chi connectivity index (χ0v) is 12.4. The summed E-state index contributed by atoms with van der Waals surface area (Å²) in [6, 6.07) is 0. The minimum absolute atomic E-state index is 0.276. The normalized spacial score (nSPS) is 11.9. The maximum absolute atomic E-state index is 11.5. The Morgan fingerprint density at radius 2 is 1.58 bits per heavy atom. The van der Waals surface area contributed by atoms with Crippen LogP contribution in [0.25, 0.3) is 0 Å². The molecule has 0 N–H and O–H groups in total. The number of ketones is 1. The van der Waals surface area contributed by atoms with Gasteiger partial charge in [0.05, 0.1) is 5.92 Å². The standard InChI is InChI=1S/C15H26O4/c1-4-5-6-7-8-9-10-12(2)15(18)19-14(17)11-13(3)16/h12H,4-11H2,1-3H3. The van der Waals surface area contributed by atoms with Crippen molar-refractivity contribution < 1.29 is 19.1 Å². The van der Waals surface area contributed by atoms with Gasteiger partial charge in [0.2, 0.25) is 0 Å². The molecule has 0 aromatic rings. The van der Waals surface area contributed by atoms with Gasteiger partial charge in [-0.2, -0.15) is 0 Å². The van der Waals surface area contributed by atoms with Crippen molar-refractivity contribution in [1.29, 1.82) is 0 Å². The molecule has 0 aromatic heterocycles. The van der Waals surface area contributed by atoms with E-state index in [4.69, 9.17) is 0 Å². The van der Waals surface area contributed by atoms with E-state index in [1.54, 1.807) is 6.92 Å². The summed E-state index contributed by atoms with van der Waals surface area (Å²) in [6.07, 6.45) is 7.41. The summed E-state index contributed by atoms with van der Waals surface area (Å²) in [5, 5.41) is 0. The lowest BCUT2D eigenvalue weighted by Gasteiger charge is -2.09. The quantitative estimate of drug-likeness (QED) is 0.347. The number of ether oxygens (including phenoxy) is 1. The number of unbranched alkanes of at least 4 members (excludes halogenated alkanes) is 5. The largest absolute Gasteiger partial charge is 0.393 e. The molecule has 19 heavy (non-hydrogen) atoms. The molecule has 110 valence electrons. The number of hydrogen-bond donors (Lipinski definition) is 0. The molecule has 0 saturated carbocycles. The molecule has 0 fully saturated rings. The van der Waals surface area contributed by atoms with E-state index in [0.29, 0.717) is 0 Å². The van der Waals surface area contributed by atoms with Crippen LogP contribution in [0.3, 0.4) is 0 Å². The Morgan fingerprint density at radius 1 is 1.00 bits per heavy atom. The highest BCUT2D eigenvalue weighted by atomic mass is 16.6. The van der Waals surface area contributed by atoms with Crippen LogP contribution in [-0.4, -0.2) is 17.7 Å². The van der Waals surface area contributed by atoms with Crippen LogP contribution < -0.4 is 0 Å². The molecule has 0 rings (SSSR count). The predicted octanol–water partition coefficient (Wildman–Crippen LogP) is 3.42. The number of hydrogen-bond acceptors (Lipinski definition) is 4. The summed E-state index contributed by atoms with van der Waals surface area (Å²) in [5.74, 6) is -1.82. The SMILES string of the molecule is CCCCCCCCC(C)C(=O)OC(=O)CC(C)=O. The Bertz CT molecular complexity index is 297. The van der Waals surface area contributed by atoms with Crippen molar-refractivity contribution in [2.45, 2.75) is 72.1 Å². The second kappa shape index (κ2) is 10.7. The van der Waals surface area contributed by atoms with Crippen molar-refractivity contribution in [3.63, 3.8) is 0 Å². The van der Waals surface area contributed by atoms with Crippen LogP contribution in [0.2, 0.25) is 0 Å². The molecule has 0 radical (unpaired) electrons. The topological polar surface area (TPSA) is 60.4 Å². The Morgan fingerprint density at radius 3 is 2.16 bits per heavy atom. The van der Waals surface area contributed by atoms with Crippen molar-refractivity contribution in [1.82, 2.24) is 0 Å². The fourth-order valence-corrected chi connectivity index (χ4v) is 1.80. The van der Waals surface area contributed by atoms with Gasteiger partial charge in [0.15, 0.2) is 0 Å². The van der Waals surface area contributed by atoms with Gasteiger partial charge in [-0.25, -0.2) is 0 Å². The molecule has 0 heterocycles. The van der Waals surface area contributed by atoms with E-state index in [9.17, 15) is 14.4 Å². The molecule has 0 bridgehead atoms. The first-order valence-electron chi connectivity index (χ1n) is 7.21. The Balaban J connectivity index is 3.70. The Hall–Kier alpha value is -1.19. The molecule has 0 spiro atoms. The van der Waals surface area contributed by atoms with Gasteiger partial charge in [-0.15, -0.1) is 0 Å². The molecular formula is C15H26O4. The van der Waals surface area contributed by atoms with Crippen LogP contribution in [0.4, 0.5) is 0 Å². The fraction of sp³-hybridized carbons (Fsp3) is 0.800. The first-order valence-corrected chi connectivity index (χ1v) is 7.21. The molecule has 4 heteroatoms. The second-order valence-corrected chi connectivity index (χ2v) is 5.13. The minimum Gasteiger partial charge on any atom is -0.393 e. The van der Waals surface area contributed by atoms with Crippen molar-refractivity contribution in [3.05, 3.63) is 0 Å². The Kier molecular flexibility index (Phi) is 10.0. The molecule has 0 amide bonds. The fourth-order valence-electron chi connectivity index (χ4n) is 1.80. The van der Waals surface area contributed by atoms with Crippen LogP contribution in [0.1, 0.15) is 72.1 Å². The van der Waals surface area contributed by atoms with Crippen molar-refractivity contribution in [2.75, 3.05) is 0 Å². The lowest BCUT2D eigenvalue weighted by molar-refractivity contribution is -0.162. The van der Waals surface area contributed by atoms with Gasteiger partial charge >= 0.3 is 11.9 Å². The molecular weight excluding hydrogens is 244 g/mol. The van der Waals surface area contributed by atoms with E-state index < -0.39 is 11.9 Å². The van der Waals surface area contributed by atoms with E-state index >= 15 is 0 Å². The highest BCUT2D eigenvalue weighted by Gasteiger charge is 2.18. The number of rotatable bonds is 10. The summed E-state index contributed by atoms with van der Waals surface area (Å²) in [7, 11) is 0. The maximum atomic E-state index is 11.5. The molecule has 0 aliphatic carbocycles. The van der Waals surface area contributed by atoms with E-state index in [2.05, 4.69) is 11.7 Å². The van der Waals surface area contributed by atoms with E-state index in [1.165, 1.54) is 32.6 Å². The molecule has 0 aromatic carbocycles. The van der Waals surface area contributed by atoms with E-state index in [1.807, 2.05) is 0 Å². The van der Waals surface area contributed by atoms with Gasteiger partial charge < -0.3 is 4.74 Å². The van der Waals surface area contributed by atoms with Crippen molar-refractivity contribution >= 4 is 17.7 Å². The summed E-state index contributed by atoms with van der Waals surface area (Å²) in [6.45, 7) is 5.23. The van der Waals surface area contributed by atoms with Crippen molar-refractivity contribution in [3.8, 4) is 0 Å². The van der Waals surface area contributed by atoms with Gasteiger partial charge in [-0.05, 0) is 13.3 Å². The lowest BCUT2D eigenvalue weighted by atomic mass is 10.0. The van der Waals surface area contributed by atoms with Gasteiger partial charge in [-0.1, -0.05) is 52.4 Å². The van der Waals surface area contributed by atoms with Crippen LogP contribution in [0.5, 0.6) is 0 Å². The molecule has 0 aliphatic heterocycles. The average molecular weight is 270 g/mol. The molecule has 4 nitrogen and oxygen atoms in total. The number of carbonyl (C=O) groups excluding carboxylic acids is 3. The lowest BCUT2D eigenvalue weighted by Crippen LogP contribution is -2.20. The highest BCUT2D eigenvalue weighted by Crippen LogP contribution is 2.13. The van der Waals surface area contributed by atoms with Gasteiger partial charge in [0.1, 0.15) is 12.2 Å². The second-order valence-electron chi connectivity index (χ2n) is 5.13. The van der Waals surface area contributed by atoms with Crippen LogP contribution in [0, 0.1) is 5.92 Å². The monoisotopic (exact) mass is 270 g/mol. The first kappa shape index (κ1) is 17.8. The van der Waals surface area contributed by atoms with Gasteiger partial charge in [-0.3, -0.25) is 14.4 Å². The van der Waals surface area contributed by atoms with Crippen LogP contribution in [-0.2, 0) is 19.1 Å². The van der Waals surface area contributed by atoms with E-state index in [0.717, 1.165) is 19.3 Å². The number of esters is 2. The van der Waals surface area contributed by atoms with Crippen LogP contribution >= 0.6 is 0 Å². The van der Waals surface area contributed by atoms with Gasteiger partial charge in [0, 0.05) is 0 Å². The first-order chi connectivity index (χ1) is 8.97. The third kappa shape index (κ3) is 10.4. The summed E-state index contributed by atoms with van der Waals surface area (Å²) < 4.78 is 4.62. The minimum atomic E-state index is -0.743. The van der Waals surface area contributed by atoms with Crippen LogP contribution in [0.15, 0.2) is 0 Å². The third-order valence-electron chi connectivity index (χ3n) is 3.00. The summed E-state index contributed by atoms with van der Waals surface area (Å²) in [5.41, 5.74) is 0. The molecule has 1 unspecified atom stereocenters. The summed E-state index contributed by atoms with van der Waals surface area (Å²) in [4.78, 5) is 33.4. The summed E-state index contributed by atoms with van der Waals surface area (Å²) >= 11 is 0. The maximum Gasteiger partial charge on any atom is 0.320 e. The number of Topliss-reactive ketones (excluding diaryl/α,β-unsaturated/α-hetero) is 1. The smallest absolute Gasteiger partial charge is 0.320 e. The molecule has 0 saturated heterocycles. The highest BCUT2D eigenvalue weighted by molar-refractivity contribution is 5.98. The van der Waals surface area contributed by atoms with Gasteiger partial charge in [0.25, 0.3) is 0 Å². The third-order valence-corrected chi connectivity index (χ3v) is 3.00. The van der Waals surface area contributed by atoms with Crippen molar-refractivity contribution in [2.24, 2.45) is 5.92 Å². The average Bonchev–Trinajstić information content (AvgIpc) is 2.32. The Labute approximate surface area is 115 Å². The van der Waals surface area contributed by atoms with E-state index in [-0.39, 0.29) is 18.1 Å². The zero-order valence-electron chi connectivity index (χ0n) is 12.4. The molecule has 1 atom stereocenters. The molecule has 0 aliphatic rings. The zero-order chi connectivity index (χ0) is 14.7. The predicted molar refractivity (Wildman–Crippen MR) is 73.6 cm³/mol.